The molecule has 0 radical (unpaired) electrons. The Labute approximate surface area is 97.2 Å². The predicted molar refractivity (Wildman–Crippen MR) is 60.7 cm³/mol. The highest BCUT2D eigenvalue weighted by atomic mass is 79.9. The van der Waals surface area contributed by atoms with Crippen molar-refractivity contribution < 1.29 is 8.78 Å². The zero-order valence-electron chi connectivity index (χ0n) is 8.86. The Bertz CT molecular complexity index is 338. The van der Waals surface area contributed by atoms with Gasteiger partial charge in [-0.25, -0.2) is 8.78 Å². The molecule has 84 valence electrons. The van der Waals surface area contributed by atoms with Gasteiger partial charge in [0.2, 0.25) is 0 Å². The third kappa shape index (κ3) is 2.98. The van der Waals surface area contributed by atoms with Crippen LogP contribution in [0.25, 0.3) is 0 Å². The van der Waals surface area contributed by atoms with E-state index in [4.69, 9.17) is 0 Å². The Hall–Kier alpha value is -0.480. The molecule has 4 heteroatoms. The Kier molecular flexibility index (Phi) is 4.67. The van der Waals surface area contributed by atoms with Crippen LogP contribution in [-0.4, -0.2) is 18.0 Å². The van der Waals surface area contributed by atoms with Crippen LogP contribution < -0.4 is 0 Å². The van der Waals surface area contributed by atoms with Crippen LogP contribution in [0.4, 0.5) is 8.78 Å². The van der Waals surface area contributed by atoms with Gasteiger partial charge in [0.15, 0.2) is 0 Å². The van der Waals surface area contributed by atoms with Crippen molar-refractivity contribution in [3.63, 3.8) is 0 Å². The van der Waals surface area contributed by atoms with Crippen molar-refractivity contribution in [3.05, 3.63) is 33.8 Å². The van der Waals surface area contributed by atoms with E-state index in [1.807, 2.05) is 18.7 Å². The average molecular weight is 278 g/mol. The Balaban J connectivity index is 2.97. The van der Waals surface area contributed by atoms with Gasteiger partial charge in [0.05, 0.1) is 4.47 Å². The number of nitrogens with zero attached hydrogens (tertiary/aromatic N) is 1. The van der Waals surface area contributed by atoms with Gasteiger partial charge in [0.1, 0.15) is 11.6 Å². The van der Waals surface area contributed by atoms with Crippen molar-refractivity contribution in [2.75, 3.05) is 13.1 Å². The lowest BCUT2D eigenvalue weighted by atomic mass is 10.2. The van der Waals surface area contributed by atoms with Gasteiger partial charge in [-0.15, -0.1) is 0 Å². The second kappa shape index (κ2) is 5.56. The van der Waals surface area contributed by atoms with E-state index in [-0.39, 0.29) is 10.3 Å². The maximum Gasteiger partial charge on any atom is 0.137 e. The highest BCUT2D eigenvalue weighted by Crippen LogP contribution is 2.24. The number of benzene rings is 1. The van der Waals surface area contributed by atoms with Gasteiger partial charge in [-0.2, -0.15) is 0 Å². The van der Waals surface area contributed by atoms with E-state index in [9.17, 15) is 8.78 Å². The molecular weight excluding hydrogens is 264 g/mol. The van der Waals surface area contributed by atoms with Gasteiger partial charge in [0.25, 0.3) is 0 Å². The van der Waals surface area contributed by atoms with Crippen molar-refractivity contribution in [1.29, 1.82) is 0 Å². The van der Waals surface area contributed by atoms with E-state index >= 15 is 0 Å². The number of rotatable bonds is 4. The lowest BCUT2D eigenvalue weighted by molar-refractivity contribution is 0.290. The van der Waals surface area contributed by atoms with Crippen molar-refractivity contribution in [1.82, 2.24) is 4.90 Å². The topological polar surface area (TPSA) is 3.24 Å². The van der Waals surface area contributed by atoms with Crippen LogP contribution in [0.3, 0.4) is 0 Å². The minimum absolute atomic E-state index is 0.231. The molecule has 0 unspecified atom stereocenters. The first-order chi connectivity index (χ1) is 7.10. The fourth-order valence-electron chi connectivity index (χ4n) is 1.38. The van der Waals surface area contributed by atoms with E-state index in [1.54, 1.807) is 0 Å². The minimum atomic E-state index is -0.418. The highest BCUT2D eigenvalue weighted by molar-refractivity contribution is 9.10. The molecule has 0 bridgehead atoms. The van der Waals surface area contributed by atoms with E-state index in [0.29, 0.717) is 12.1 Å². The van der Waals surface area contributed by atoms with Gasteiger partial charge >= 0.3 is 0 Å². The summed E-state index contributed by atoms with van der Waals surface area (Å²) in [5, 5.41) is 0. The van der Waals surface area contributed by atoms with E-state index in [2.05, 4.69) is 15.9 Å². The van der Waals surface area contributed by atoms with Gasteiger partial charge in [-0.05, 0) is 41.2 Å². The monoisotopic (exact) mass is 277 g/mol. The molecule has 0 aliphatic rings. The Morgan fingerprint density at radius 1 is 1.13 bits per heavy atom. The molecule has 1 aromatic carbocycles. The SMILES string of the molecule is CCN(CC)Cc1c(F)ccc(F)c1Br. The van der Waals surface area contributed by atoms with Crippen molar-refractivity contribution >= 4 is 15.9 Å². The van der Waals surface area contributed by atoms with Crippen LogP contribution in [0.2, 0.25) is 0 Å². The maximum atomic E-state index is 13.4. The third-order valence-corrected chi connectivity index (χ3v) is 3.27. The van der Waals surface area contributed by atoms with Crippen LogP contribution in [0.1, 0.15) is 19.4 Å². The molecular formula is C11H14BrF2N. The van der Waals surface area contributed by atoms with Gasteiger partial charge in [0, 0.05) is 12.1 Å². The summed E-state index contributed by atoms with van der Waals surface area (Å²) in [5.74, 6) is -0.784. The van der Waals surface area contributed by atoms with Crippen LogP contribution >= 0.6 is 15.9 Å². The standard InChI is InChI=1S/C11H14BrF2N/c1-3-15(4-2)7-8-9(13)5-6-10(14)11(8)12/h5-6H,3-4,7H2,1-2H3. The van der Waals surface area contributed by atoms with Crippen molar-refractivity contribution in [2.24, 2.45) is 0 Å². The second-order valence-electron chi connectivity index (χ2n) is 3.28. The minimum Gasteiger partial charge on any atom is -0.299 e. The molecule has 0 amide bonds. The lowest BCUT2D eigenvalue weighted by Crippen LogP contribution is -2.23. The molecule has 1 rings (SSSR count). The molecule has 0 aliphatic heterocycles. The lowest BCUT2D eigenvalue weighted by Gasteiger charge is -2.19. The molecule has 0 heterocycles. The Morgan fingerprint density at radius 3 is 2.20 bits per heavy atom. The molecule has 0 saturated carbocycles. The average Bonchev–Trinajstić information content (AvgIpc) is 2.24. The summed E-state index contributed by atoms with van der Waals surface area (Å²) in [6.07, 6.45) is 0. The van der Waals surface area contributed by atoms with Gasteiger partial charge < -0.3 is 0 Å². The molecule has 0 saturated heterocycles. The normalized spacial score (nSPS) is 11.1. The second-order valence-corrected chi connectivity index (χ2v) is 4.08. The van der Waals surface area contributed by atoms with Gasteiger partial charge in [-0.1, -0.05) is 13.8 Å². The molecule has 0 N–H and O–H groups in total. The van der Waals surface area contributed by atoms with Crippen molar-refractivity contribution in [2.45, 2.75) is 20.4 Å². The molecule has 1 aromatic rings. The third-order valence-electron chi connectivity index (χ3n) is 2.42. The number of hydrogen-bond acceptors (Lipinski definition) is 1. The molecule has 15 heavy (non-hydrogen) atoms. The maximum absolute atomic E-state index is 13.4. The summed E-state index contributed by atoms with van der Waals surface area (Å²) >= 11 is 3.08. The number of hydrogen-bond donors (Lipinski definition) is 0. The summed E-state index contributed by atoms with van der Waals surface area (Å²) in [6.45, 7) is 6.05. The summed E-state index contributed by atoms with van der Waals surface area (Å²) in [5.41, 5.74) is 0.388. The van der Waals surface area contributed by atoms with Crippen LogP contribution in [-0.2, 0) is 6.54 Å². The zero-order valence-corrected chi connectivity index (χ0v) is 10.4. The predicted octanol–water partition coefficient (Wildman–Crippen LogP) is 3.57. The Morgan fingerprint density at radius 2 is 1.67 bits per heavy atom. The van der Waals surface area contributed by atoms with Crippen molar-refractivity contribution in [3.8, 4) is 0 Å². The summed E-state index contributed by atoms with van der Waals surface area (Å²) in [4.78, 5) is 2.03. The molecule has 0 aliphatic carbocycles. The van der Waals surface area contributed by atoms with Crippen LogP contribution in [0, 0.1) is 11.6 Å². The first-order valence-electron chi connectivity index (χ1n) is 4.94. The molecule has 0 atom stereocenters. The number of halogens is 3. The summed E-state index contributed by atoms with van der Waals surface area (Å²) < 4.78 is 26.9. The first-order valence-corrected chi connectivity index (χ1v) is 5.74. The van der Waals surface area contributed by atoms with E-state index in [0.717, 1.165) is 19.2 Å². The molecule has 0 spiro atoms. The quantitative estimate of drug-likeness (QED) is 0.761. The zero-order chi connectivity index (χ0) is 11.4. The van der Waals surface area contributed by atoms with Gasteiger partial charge in [-0.3, -0.25) is 4.90 Å². The summed E-state index contributed by atoms with van der Waals surface area (Å²) in [7, 11) is 0. The molecule has 1 nitrogen and oxygen atoms in total. The van der Waals surface area contributed by atoms with E-state index in [1.165, 1.54) is 6.07 Å². The smallest absolute Gasteiger partial charge is 0.137 e. The first kappa shape index (κ1) is 12.6. The van der Waals surface area contributed by atoms with Crippen LogP contribution in [0.5, 0.6) is 0 Å². The summed E-state index contributed by atoms with van der Waals surface area (Å²) in [6, 6.07) is 2.30. The highest BCUT2D eigenvalue weighted by Gasteiger charge is 2.13. The molecule has 0 fully saturated rings. The fraction of sp³-hybridized carbons (Fsp3) is 0.455. The largest absolute Gasteiger partial charge is 0.299 e. The van der Waals surface area contributed by atoms with Crippen LogP contribution in [0.15, 0.2) is 16.6 Å². The van der Waals surface area contributed by atoms with E-state index < -0.39 is 5.82 Å². The fourth-order valence-corrected chi connectivity index (χ4v) is 1.83. The molecule has 0 aromatic heterocycles.